The van der Waals surface area contributed by atoms with Crippen molar-refractivity contribution in [2.45, 2.75) is 32.4 Å². The first-order valence-electron chi connectivity index (χ1n) is 14.5. The summed E-state index contributed by atoms with van der Waals surface area (Å²) in [5.41, 5.74) is 4.80. The first-order chi connectivity index (χ1) is 21.8. The summed E-state index contributed by atoms with van der Waals surface area (Å²) in [7, 11) is 1.54. The van der Waals surface area contributed by atoms with Crippen molar-refractivity contribution < 1.29 is 14.5 Å². The molecule has 0 radical (unpaired) electrons. The van der Waals surface area contributed by atoms with Crippen molar-refractivity contribution in [1.29, 1.82) is 0 Å². The smallest absolute Gasteiger partial charge is 0.271 e. The zero-order valence-corrected chi connectivity index (χ0v) is 25.9. The van der Waals surface area contributed by atoms with E-state index in [1.165, 1.54) is 12.1 Å². The predicted octanol–water partition coefficient (Wildman–Crippen LogP) is 6.56. The molecule has 0 bridgehead atoms. The molecule has 2 atom stereocenters. The molecule has 11 heteroatoms. The minimum absolute atomic E-state index is 0.0336. The molecule has 3 aromatic carbocycles. The van der Waals surface area contributed by atoms with Crippen LogP contribution in [0, 0.1) is 24.0 Å². The van der Waals surface area contributed by atoms with Crippen LogP contribution >= 0.6 is 12.2 Å². The van der Waals surface area contributed by atoms with Crippen molar-refractivity contribution in [1.82, 2.24) is 19.8 Å². The second kappa shape index (κ2) is 12.4. The summed E-state index contributed by atoms with van der Waals surface area (Å²) in [5.74, 6) is 0.387. The standard InChI is InChI=1S/C34H32N6O4S/c1-21-19-26(22(2)39(21)29-20-24(40(42)43)14-15-30(29)44-3)33-32(28-12-6-7-17-35-28)37-34(45)38(33)18-16-31(41)36-27-13-8-10-23-9-4-5-11-25(23)27/h4-15,17,19-20,32-33H,16,18H2,1-3H3,(H,36,41)(H,37,45). The van der Waals surface area contributed by atoms with Crippen molar-refractivity contribution in [3.8, 4) is 11.4 Å². The Kier molecular flexibility index (Phi) is 8.18. The molecule has 45 heavy (non-hydrogen) atoms. The van der Waals surface area contributed by atoms with Gasteiger partial charge in [0.15, 0.2) is 5.11 Å². The van der Waals surface area contributed by atoms with Crippen LogP contribution in [0.3, 0.4) is 0 Å². The summed E-state index contributed by atoms with van der Waals surface area (Å²) in [6, 6.07) is 25.5. The molecule has 6 rings (SSSR count). The predicted molar refractivity (Wildman–Crippen MR) is 178 cm³/mol. The summed E-state index contributed by atoms with van der Waals surface area (Å²) in [6.07, 6.45) is 1.95. The number of anilines is 1. The van der Waals surface area contributed by atoms with E-state index in [0.717, 1.165) is 39.1 Å². The summed E-state index contributed by atoms with van der Waals surface area (Å²) in [5, 5.41) is 20.7. The van der Waals surface area contributed by atoms with Crippen molar-refractivity contribution >= 4 is 45.4 Å². The van der Waals surface area contributed by atoms with Gasteiger partial charge >= 0.3 is 0 Å². The molecule has 1 amide bonds. The van der Waals surface area contributed by atoms with Gasteiger partial charge in [-0.1, -0.05) is 42.5 Å². The molecule has 2 unspecified atom stereocenters. The lowest BCUT2D eigenvalue weighted by Crippen LogP contribution is -2.33. The minimum atomic E-state index is -0.417. The van der Waals surface area contributed by atoms with Gasteiger partial charge in [0.05, 0.1) is 35.5 Å². The number of non-ortho nitro benzene ring substituents is 1. The monoisotopic (exact) mass is 620 g/mol. The SMILES string of the molecule is COc1ccc([N+](=O)[O-])cc1-n1c(C)cc(C2C(c3ccccn3)NC(=S)N2CCC(=O)Nc2cccc3ccccc23)c1C. The number of hydrogen-bond acceptors (Lipinski definition) is 6. The van der Waals surface area contributed by atoms with Gasteiger partial charge in [0.25, 0.3) is 5.69 Å². The van der Waals surface area contributed by atoms with Gasteiger partial charge in [0.2, 0.25) is 5.91 Å². The molecule has 228 valence electrons. The number of nitrogens with one attached hydrogen (secondary N) is 2. The Balaban J connectivity index is 1.35. The fourth-order valence-corrected chi connectivity index (χ4v) is 6.51. The van der Waals surface area contributed by atoms with Crippen LogP contribution in [0.15, 0.2) is 91.1 Å². The number of hydrogen-bond donors (Lipinski definition) is 2. The Morgan fingerprint density at radius 2 is 1.84 bits per heavy atom. The zero-order chi connectivity index (χ0) is 31.7. The minimum Gasteiger partial charge on any atom is -0.495 e. The number of rotatable bonds is 9. The van der Waals surface area contributed by atoms with Gasteiger partial charge in [-0.2, -0.15) is 0 Å². The number of thiocarbonyl (C=S) groups is 1. The third kappa shape index (κ3) is 5.69. The molecule has 1 fully saturated rings. The van der Waals surface area contributed by atoms with Gasteiger partial charge < -0.3 is 24.8 Å². The first kappa shape index (κ1) is 29.8. The number of aromatic nitrogens is 2. The quantitative estimate of drug-likeness (QED) is 0.108. The lowest BCUT2D eigenvalue weighted by Gasteiger charge is -2.28. The van der Waals surface area contributed by atoms with E-state index in [2.05, 4.69) is 21.7 Å². The number of nitrogens with zero attached hydrogens (tertiary/aromatic N) is 4. The maximum atomic E-state index is 13.3. The van der Waals surface area contributed by atoms with Gasteiger partial charge in [0, 0.05) is 53.8 Å². The number of carbonyl (C=O) groups is 1. The Hall–Kier alpha value is -5.29. The van der Waals surface area contributed by atoms with E-state index in [4.69, 9.17) is 17.0 Å². The molecular weight excluding hydrogens is 588 g/mol. The van der Waals surface area contributed by atoms with E-state index in [1.807, 2.05) is 84.0 Å². The van der Waals surface area contributed by atoms with E-state index in [1.54, 1.807) is 19.4 Å². The van der Waals surface area contributed by atoms with Crippen LogP contribution in [0.1, 0.15) is 41.1 Å². The molecule has 1 aliphatic heterocycles. The highest BCUT2D eigenvalue weighted by molar-refractivity contribution is 7.80. The van der Waals surface area contributed by atoms with Crippen LogP contribution in [0.25, 0.3) is 16.5 Å². The largest absolute Gasteiger partial charge is 0.495 e. The lowest BCUT2D eigenvalue weighted by molar-refractivity contribution is -0.384. The molecule has 1 aliphatic rings. The molecule has 0 saturated carbocycles. The Morgan fingerprint density at radius 3 is 2.60 bits per heavy atom. The zero-order valence-electron chi connectivity index (χ0n) is 25.1. The Bertz CT molecular complexity index is 1920. The van der Waals surface area contributed by atoms with Gasteiger partial charge in [-0.15, -0.1) is 0 Å². The van der Waals surface area contributed by atoms with Gasteiger partial charge in [0.1, 0.15) is 5.75 Å². The van der Waals surface area contributed by atoms with Crippen LogP contribution in [-0.2, 0) is 4.79 Å². The molecule has 1 saturated heterocycles. The van der Waals surface area contributed by atoms with E-state index in [0.29, 0.717) is 23.1 Å². The maximum Gasteiger partial charge on any atom is 0.271 e. The maximum absolute atomic E-state index is 13.3. The topological polar surface area (TPSA) is 115 Å². The molecule has 3 heterocycles. The summed E-state index contributed by atoms with van der Waals surface area (Å²) < 4.78 is 7.57. The highest BCUT2D eigenvalue weighted by Gasteiger charge is 2.41. The van der Waals surface area contributed by atoms with Gasteiger partial charge in [-0.05, 0) is 67.3 Å². The molecular formula is C34H32N6O4S. The fourth-order valence-electron chi connectivity index (χ4n) is 6.18. The average molecular weight is 621 g/mol. The average Bonchev–Trinajstić information content (AvgIpc) is 3.53. The normalized spacial score (nSPS) is 16.1. The number of pyridine rings is 1. The Labute approximate surface area is 265 Å². The molecule has 2 aromatic heterocycles. The van der Waals surface area contributed by atoms with Gasteiger partial charge in [-0.25, -0.2) is 0 Å². The van der Waals surface area contributed by atoms with Crippen molar-refractivity contribution in [2.75, 3.05) is 19.0 Å². The second-order valence-electron chi connectivity index (χ2n) is 10.9. The second-order valence-corrected chi connectivity index (χ2v) is 11.3. The van der Waals surface area contributed by atoms with Crippen LogP contribution < -0.4 is 15.4 Å². The highest BCUT2D eigenvalue weighted by Crippen LogP contribution is 2.42. The molecule has 10 nitrogen and oxygen atoms in total. The molecule has 0 aliphatic carbocycles. The Morgan fingerprint density at radius 1 is 1.07 bits per heavy atom. The first-order valence-corrected chi connectivity index (χ1v) is 14.9. The summed E-state index contributed by atoms with van der Waals surface area (Å²) in [4.78, 5) is 31.2. The molecule has 5 aromatic rings. The van der Waals surface area contributed by atoms with Crippen molar-refractivity contribution in [2.24, 2.45) is 0 Å². The van der Waals surface area contributed by atoms with Crippen LogP contribution in [0.5, 0.6) is 5.75 Å². The van der Waals surface area contributed by atoms with Crippen LogP contribution in [0.4, 0.5) is 11.4 Å². The van der Waals surface area contributed by atoms with E-state index in [-0.39, 0.29) is 30.1 Å². The van der Waals surface area contributed by atoms with E-state index in [9.17, 15) is 14.9 Å². The van der Waals surface area contributed by atoms with Crippen molar-refractivity contribution in [3.63, 3.8) is 0 Å². The number of benzene rings is 3. The lowest BCUT2D eigenvalue weighted by atomic mass is 9.96. The third-order valence-electron chi connectivity index (χ3n) is 8.24. The van der Waals surface area contributed by atoms with Crippen LogP contribution in [0.2, 0.25) is 0 Å². The number of carbonyl (C=O) groups excluding carboxylic acids is 1. The number of aryl methyl sites for hydroxylation is 1. The molecule has 0 spiro atoms. The van der Waals surface area contributed by atoms with E-state index >= 15 is 0 Å². The number of fused-ring (bicyclic) bond motifs is 1. The number of ether oxygens (including phenoxy) is 1. The van der Waals surface area contributed by atoms with Crippen molar-refractivity contribution in [3.05, 3.63) is 124 Å². The number of amides is 1. The number of methoxy groups -OCH3 is 1. The summed E-state index contributed by atoms with van der Waals surface area (Å²) >= 11 is 5.85. The third-order valence-corrected chi connectivity index (χ3v) is 8.60. The molecule has 2 N–H and O–H groups in total. The highest BCUT2D eigenvalue weighted by atomic mass is 32.1. The summed E-state index contributed by atoms with van der Waals surface area (Å²) in [6.45, 7) is 4.29. The number of nitro benzene ring substituents is 1. The van der Waals surface area contributed by atoms with E-state index < -0.39 is 4.92 Å². The van der Waals surface area contributed by atoms with Gasteiger partial charge in [-0.3, -0.25) is 19.9 Å². The number of nitro groups is 1. The van der Waals surface area contributed by atoms with Crippen LogP contribution in [-0.4, -0.2) is 44.0 Å². The fraction of sp³-hybridized carbons (Fsp3) is 0.206.